The van der Waals surface area contributed by atoms with Crippen LogP contribution in [-0.2, 0) is 14.4 Å². The molecule has 0 spiro atoms. The number of carbonyl (C=O) groups is 3. The van der Waals surface area contributed by atoms with Gasteiger partial charge in [-0.3, -0.25) is 19.8 Å². The molecule has 3 aromatic rings. The van der Waals surface area contributed by atoms with Crippen molar-refractivity contribution in [2.24, 2.45) is 0 Å². The number of hydrazine groups is 1. The summed E-state index contributed by atoms with van der Waals surface area (Å²) in [6.07, 6.45) is 1.50. The summed E-state index contributed by atoms with van der Waals surface area (Å²) in [6.45, 7) is 1.74. The predicted molar refractivity (Wildman–Crippen MR) is 122 cm³/mol. The maximum Gasteiger partial charge on any atom is 0.282 e. The number of ether oxygens (including phenoxy) is 1. The number of carbonyl (C=O) groups excluding carboxylic acids is 3. The highest BCUT2D eigenvalue weighted by Gasteiger charge is 2.34. The monoisotopic (exact) mass is 427 g/mol. The van der Waals surface area contributed by atoms with Gasteiger partial charge >= 0.3 is 0 Å². The van der Waals surface area contributed by atoms with E-state index in [1.807, 2.05) is 37.3 Å². The number of aryl methyl sites for hydroxylation is 1. The van der Waals surface area contributed by atoms with E-state index in [-0.39, 0.29) is 18.1 Å². The Morgan fingerprint density at radius 2 is 1.75 bits per heavy atom. The molecule has 0 atom stereocenters. The van der Waals surface area contributed by atoms with Crippen LogP contribution in [0.1, 0.15) is 11.1 Å². The number of nitrogens with zero attached hydrogens (tertiary/aromatic N) is 1. The van der Waals surface area contributed by atoms with Crippen molar-refractivity contribution in [3.8, 4) is 5.75 Å². The fourth-order valence-electron chi connectivity index (χ4n) is 3.23. The molecule has 7 nitrogen and oxygen atoms in total. The van der Waals surface area contributed by atoms with Crippen LogP contribution in [-0.4, -0.2) is 24.3 Å². The third-order valence-corrected chi connectivity index (χ3v) is 4.86. The second-order valence-corrected chi connectivity index (χ2v) is 7.20. The maximum atomic E-state index is 12.7. The van der Waals surface area contributed by atoms with Crippen molar-refractivity contribution < 1.29 is 19.1 Å². The first-order chi connectivity index (χ1) is 15.5. The maximum absolute atomic E-state index is 12.7. The summed E-state index contributed by atoms with van der Waals surface area (Å²) in [5.74, 6) is -0.759. The Balaban J connectivity index is 1.43. The van der Waals surface area contributed by atoms with Crippen LogP contribution in [0, 0.1) is 6.92 Å². The molecule has 0 aliphatic carbocycles. The molecule has 1 heterocycles. The van der Waals surface area contributed by atoms with E-state index < -0.39 is 11.8 Å². The van der Waals surface area contributed by atoms with Gasteiger partial charge in [-0.1, -0.05) is 48.5 Å². The number of amides is 3. The van der Waals surface area contributed by atoms with Crippen LogP contribution in [0.5, 0.6) is 5.75 Å². The molecule has 1 fully saturated rings. The molecule has 4 rings (SSSR count). The molecule has 0 aromatic heterocycles. The first-order valence-corrected chi connectivity index (χ1v) is 10.0. The van der Waals surface area contributed by atoms with E-state index in [4.69, 9.17) is 4.74 Å². The average molecular weight is 427 g/mol. The van der Waals surface area contributed by atoms with Crippen molar-refractivity contribution in [1.82, 2.24) is 5.43 Å². The smallest absolute Gasteiger partial charge is 0.282 e. The normalized spacial score (nSPS) is 14.4. The van der Waals surface area contributed by atoms with Crippen LogP contribution in [0.4, 0.5) is 11.4 Å². The quantitative estimate of drug-likeness (QED) is 0.466. The van der Waals surface area contributed by atoms with Gasteiger partial charge in [-0.05, 0) is 54.5 Å². The van der Waals surface area contributed by atoms with Crippen molar-refractivity contribution in [3.05, 3.63) is 95.6 Å². The Morgan fingerprint density at radius 3 is 2.53 bits per heavy atom. The number of hydrogen-bond acceptors (Lipinski definition) is 4. The summed E-state index contributed by atoms with van der Waals surface area (Å²) in [7, 11) is 0. The highest BCUT2D eigenvalue weighted by Crippen LogP contribution is 2.22. The van der Waals surface area contributed by atoms with Gasteiger partial charge in [-0.15, -0.1) is 0 Å². The Kier molecular flexibility index (Phi) is 5.98. The zero-order valence-electron chi connectivity index (χ0n) is 17.4. The average Bonchev–Trinajstić information content (AvgIpc) is 3.08. The van der Waals surface area contributed by atoms with E-state index in [0.29, 0.717) is 17.0 Å². The lowest BCUT2D eigenvalue weighted by Gasteiger charge is -2.13. The van der Waals surface area contributed by atoms with E-state index in [1.165, 1.54) is 11.1 Å². The van der Waals surface area contributed by atoms with Crippen molar-refractivity contribution >= 4 is 35.2 Å². The summed E-state index contributed by atoms with van der Waals surface area (Å²) in [5, 5.41) is 4.02. The molecule has 1 aliphatic rings. The van der Waals surface area contributed by atoms with E-state index in [2.05, 4.69) is 10.7 Å². The molecular formula is C25H21N3O4. The fraction of sp³-hybridized carbons (Fsp3) is 0.0800. The summed E-state index contributed by atoms with van der Waals surface area (Å²) in [6, 6.07) is 23.2. The third kappa shape index (κ3) is 4.67. The molecule has 2 N–H and O–H groups in total. The second-order valence-electron chi connectivity index (χ2n) is 7.20. The molecule has 160 valence electrons. The molecule has 0 radical (unpaired) electrons. The minimum atomic E-state index is -0.484. The predicted octanol–water partition coefficient (Wildman–Crippen LogP) is 3.47. The van der Waals surface area contributed by atoms with Crippen molar-refractivity contribution in [1.29, 1.82) is 0 Å². The summed E-state index contributed by atoms with van der Waals surface area (Å²) < 4.78 is 5.59. The van der Waals surface area contributed by atoms with E-state index in [9.17, 15) is 14.4 Å². The van der Waals surface area contributed by atoms with E-state index >= 15 is 0 Å². The summed E-state index contributed by atoms with van der Waals surface area (Å²) in [4.78, 5) is 37.3. The Morgan fingerprint density at radius 1 is 1.00 bits per heavy atom. The van der Waals surface area contributed by atoms with Crippen LogP contribution in [0.25, 0.3) is 6.08 Å². The minimum absolute atomic E-state index is 0.0169. The molecule has 1 aliphatic heterocycles. The van der Waals surface area contributed by atoms with Gasteiger partial charge in [0.15, 0.2) is 6.61 Å². The lowest BCUT2D eigenvalue weighted by atomic mass is 10.1. The minimum Gasteiger partial charge on any atom is -0.484 e. The van der Waals surface area contributed by atoms with Gasteiger partial charge < -0.3 is 10.1 Å². The van der Waals surface area contributed by atoms with E-state index in [0.717, 1.165) is 11.3 Å². The number of nitrogens with one attached hydrogen (secondary N) is 2. The van der Waals surface area contributed by atoms with Crippen molar-refractivity contribution in [3.63, 3.8) is 0 Å². The molecular weight excluding hydrogens is 406 g/mol. The van der Waals surface area contributed by atoms with Gasteiger partial charge in [0.05, 0.1) is 5.69 Å². The number of para-hydroxylation sites is 2. The molecule has 0 unspecified atom stereocenters. The van der Waals surface area contributed by atoms with Gasteiger partial charge in [-0.25, -0.2) is 5.01 Å². The molecule has 32 heavy (non-hydrogen) atoms. The summed E-state index contributed by atoms with van der Waals surface area (Å²) >= 11 is 0. The van der Waals surface area contributed by atoms with Crippen LogP contribution in [0.3, 0.4) is 0 Å². The topological polar surface area (TPSA) is 87.7 Å². The molecule has 1 saturated heterocycles. The first kappa shape index (κ1) is 20.9. The van der Waals surface area contributed by atoms with Gasteiger partial charge in [-0.2, -0.15) is 0 Å². The molecule has 0 bridgehead atoms. The standard InChI is InChI=1S/C25H21N3O4/c1-17-8-5-6-13-22(17)26-23(29)16-32-20-12-7-9-18(14-20)15-21-24(30)27-28(25(21)31)19-10-3-2-4-11-19/h2-15H,16H2,1H3,(H,26,29)(H,27,30). The number of hydrogen-bond donors (Lipinski definition) is 2. The molecule has 0 saturated carbocycles. The van der Waals surface area contributed by atoms with Crippen LogP contribution in [0.15, 0.2) is 84.4 Å². The molecule has 3 aromatic carbocycles. The van der Waals surface area contributed by atoms with Gasteiger partial charge in [0.2, 0.25) is 0 Å². The lowest BCUT2D eigenvalue weighted by molar-refractivity contribution is -0.118. The third-order valence-electron chi connectivity index (χ3n) is 4.86. The first-order valence-electron chi connectivity index (χ1n) is 10.0. The summed E-state index contributed by atoms with van der Waals surface area (Å²) in [5.41, 5.74) is 5.45. The van der Waals surface area contributed by atoms with Crippen LogP contribution < -0.4 is 20.5 Å². The fourth-order valence-corrected chi connectivity index (χ4v) is 3.23. The largest absolute Gasteiger partial charge is 0.484 e. The van der Waals surface area contributed by atoms with Gasteiger partial charge in [0, 0.05) is 5.69 Å². The molecule has 3 amide bonds. The number of anilines is 2. The number of benzene rings is 3. The zero-order valence-corrected chi connectivity index (χ0v) is 17.4. The Labute approximate surface area is 185 Å². The Bertz CT molecular complexity index is 1200. The lowest BCUT2D eigenvalue weighted by Crippen LogP contribution is -2.35. The SMILES string of the molecule is Cc1ccccc1NC(=O)COc1cccc(C=C2C(=O)NN(c3ccccc3)C2=O)c1. The Hall–Kier alpha value is -4.39. The zero-order chi connectivity index (χ0) is 22.5. The van der Waals surface area contributed by atoms with Crippen molar-refractivity contribution in [2.45, 2.75) is 6.92 Å². The highest BCUT2D eigenvalue weighted by molar-refractivity contribution is 6.31. The molecule has 7 heteroatoms. The number of rotatable bonds is 6. The van der Waals surface area contributed by atoms with Crippen LogP contribution in [0.2, 0.25) is 0 Å². The second kappa shape index (κ2) is 9.18. The van der Waals surface area contributed by atoms with Crippen molar-refractivity contribution in [2.75, 3.05) is 16.9 Å². The van der Waals surface area contributed by atoms with E-state index in [1.54, 1.807) is 48.5 Å². The van der Waals surface area contributed by atoms with Crippen LogP contribution >= 0.6 is 0 Å². The highest BCUT2D eigenvalue weighted by atomic mass is 16.5. The van der Waals surface area contributed by atoms with Gasteiger partial charge in [0.25, 0.3) is 17.7 Å². The van der Waals surface area contributed by atoms with Gasteiger partial charge in [0.1, 0.15) is 11.3 Å².